The number of hydroxylamine groups is 2. The van der Waals surface area contributed by atoms with Crippen molar-refractivity contribution in [2.45, 2.75) is 0 Å². The zero-order chi connectivity index (χ0) is 18.9. The number of nitrogens with two attached hydrogens (primary N) is 2. The van der Waals surface area contributed by atoms with Gasteiger partial charge in [0, 0.05) is 0 Å². The average Bonchev–Trinajstić information content (AvgIpc) is 2.62. The van der Waals surface area contributed by atoms with E-state index < -0.39 is 17.8 Å². The fourth-order valence-corrected chi connectivity index (χ4v) is 1.56. The van der Waals surface area contributed by atoms with Crippen molar-refractivity contribution in [2.24, 2.45) is 21.5 Å². The van der Waals surface area contributed by atoms with Crippen LogP contribution >= 0.6 is 0 Å². The van der Waals surface area contributed by atoms with Crippen LogP contribution in [0.5, 0.6) is 0 Å². The second-order valence-corrected chi connectivity index (χ2v) is 4.61. The number of benzene rings is 2. The summed E-state index contributed by atoms with van der Waals surface area (Å²) in [5.74, 6) is -1.41. The highest BCUT2D eigenvalue weighted by molar-refractivity contribution is 5.82. The minimum Gasteiger partial charge on any atom is -0.367 e. The Morgan fingerprint density at radius 1 is 0.769 bits per heavy atom. The highest BCUT2D eigenvalue weighted by atomic mass is 19.1. The molecule has 0 aliphatic rings. The number of guanidine groups is 2. The molecule has 0 aliphatic heterocycles. The zero-order valence-electron chi connectivity index (χ0n) is 13.1. The lowest BCUT2D eigenvalue weighted by Gasteiger charge is -2.07. The van der Waals surface area contributed by atoms with Crippen LogP contribution in [-0.2, 0) is 9.68 Å². The Morgan fingerprint density at radius 3 is 1.46 bits per heavy atom. The number of nitrogens with zero attached hydrogens (tertiary/aromatic N) is 2. The van der Waals surface area contributed by atoms with Crippen LogP contribution in [0.25, 0.3) is 0 Å². The summed E-state index contributed by atoms with van der Waals surface area (Å²) >= 11 is 0. The zero-order valence-corrected chi connectivity index (χ0v) is 13.1. The molecule has 2 rings (SSSR count). The number of hydrogen-bond donors (Lipinski definition) is 4. The first-order valence-electron chi connectivity index (χ1n) is 7.01. The van der Waals surface area contributed by atoms with Crippen molar-refractivity contribution in [3.63, 3.8) is 0 Å². The summed E-state index contributed by atoms with van der Waals surface area (Å²) in [6.07, 6.45) is -1.24. The van der Waals surface area contributed by atoms with Crippen LogP contribution in [0.2, 0.25) is 0 Å². The second kappa shape index (κ2) is 8.82. The highest BCUT2D eigenvalue weighted by Gasteiger charge is 2.06. The third-order valence-corrected chi connectivity index (χ3v) is 2.63. The van der Waals surface area contributed by atoms with Gasteiger partial charge in [0.2, 0.25) is 11.9 Å². The van der Waals surface area contributed by atoms with Gasteiger partial charge in [-0.1, -0.05) is 0 Å². The minimum atomic E-state index is -1.24. The largest absolute Gasteiger partial charge is 0.558 e. The summed E-state index contributed by atoms with van der Waals surface area (Å²) in [7, 11) is 0. The quantitative estimate of drug-likeness (QED) is 0.362. The van der Waals surface area contributed by atoms with Crippen LogP contribution in [0.1, 0.15) is 0 Å². The molecule has 0 saturated carbocycles. The number of aliphatic imine (C=N–C) groups is 2. The number of halogens is 2. The van der Waals surface area contributed by atoms with E-state index in [4.69, 9.17) is 11.5 Å². The standard InChI is InChI=1S/C15H14F2N6O3/c16-9-1-5-11(6-2-9)20-13(18)22-25-15(24)26-23-14(19)21-12-7-3-10(17)4-8-12/h1-8H,(H3,18,20,22)(H3,19,21,23). The van der Waals surface area contributed by atoms with Crippen molar-refractivity contribution in [2.75, 3.05) is 0 Å². The van der Waals surface area contributed by atoms with Gasteiger partial charge in [0.25, 0.3) is 0 Å². The van der Waals surface area contributed by atoms with Crippen LogP contribution < -0.4 is 22.4 Å². The molecule has 0 fully saturated rings. The van der Waals surface area contributed by atoms with E-state index in [2.05, 4.69) is 19.7 Å². The summed E-state index contributed by atoms with van der Waals surface area (Å²) in [5, 5.41) is 0. The van der Waals surface area contributed by atoms with Crippen LogP contribution in [0.4, 0.5) is 25.0 Å². The third kappa shape index (κ3) is 6.31. The second-order valence-electron chi connectivity index (χ2n) is 4.61. The van der Waals surface area contributed by atoms with E-state index in [0.29, 0.717) is 11.4 Å². The molecule has 0 saturated heterocycles. The van der Waals surface area contributed by atoms with E-state index in [1.807, 2.05) is 11.0 Å². The monoisotopic (exact) mass is 364 g/mol. The van der Waals surface area contributed by atoms with E-state index in [0.717, 1.165) is 0 Å². The summed E-state index contributed by atoms with van der Waals surface area (Å²) in [5.41, 5.74) is 15.7. The molecule has 0 heterocycles. The van der Waals surface area contributed by atoms with Gasteiger partial charge in [-0.15, -0.1) is 0 Å². The predicted molar refractivity (Wildman–Crippen MR) is 89.2 cm³/mol. The normalized spacial score (nSPS) is 11.6. The molecule has 2 aromatic rings. The lowest BCUT2D eigenvalue weighted by atomic mass is 10.3. The van der Waals surface area contributed by atoms with E-state index in [9.17, 15) is 13.6 Å². The van der Waals surface area contributed by atoms with Gasteiger partial charge in [0.05, 0.1) is 11.4 Å². The number of carbonyl (C=O) groups excluding carboxylic acids is 1. The maximum absolute atomic E-state index is 12.8. The first-order chi connectivity index (χ1) is 12.4. The summed E-state index contributed by atoms with van der Waals surface area (Å²) in [6.45, 7) is 0. The third-order valence-electron chi connectivity index (χ3n) is 2.63. The summed E-state index contributed by atoms with van der Waals surface area (Å²) in [4.78, 5) is 27.9. The molecule has 11 heteroatoms. The van der Waals surface area contributed by atoms with Gasteiger partial charge in [0.1, 0.15) is 11.6 Å². The molecule has 9 nitrogen and oxygen atoms in total. The van der Waals surface area contributed by atoms with Crippen molar-refractivity contribution in [3.8, 4) is 0 Å². The summed E-state index contributed by atoms with van der Waals surface area (Å²) in [6, 6.07) is 10.2. The number of nitrogens with one attached hydrogen (secondary N) is 2. The molecule has 0 spiro atoms. The molecule has 0 aliphatic carbocycles. The molecule has 0 radical (unpaired) electrons. The van der Waals surface area contributed by atoms with Crippen LogP contribution in [0.15, 0.2) is 58.5 Å². The Labute approximate surface area is 146 Å². The molecule has 0 amide bonds. The smallest absolute Gasteiger partial charge is 0.367 e. The van der Waals surface area contributed by atoms with E-state index in [1.165, 1.54) is 48.5 Å². The fraction of sp³-hybridized carbons (Fsp3) is 0. The van der Waals surface area contributed by atoms with Crippen LogP contribution in [0, 0.1) is 11.6 Å². The number of rotatable bonds is 2. The number of carbonyl (C=O) groups is 1. The molecule has 0 bridgehead atoms. The Hall–Kier alpha value is -3.89. The van der Waals surface area contributed by atoms with Gasteiger partial charge in [-0.2, -0.15) is 15.8 Å². The molecule has 0 aromatic heterocycles. The maximum Gasteiger partial charge on any atom is 0.558 e. The predicted octanol–water partition coefficient (Wildman–Crippen LogP) is 1.72. The molecule has 0 unspecified atom stereocenters. The van der Waals surface area contributed by atoms with Crippen molar-refractivity contribution < 1.29 is 23.3 Å². The molecular formula is C15H14F2N6O3. The lowest BCUT2D eigenvalue weighted by molar-refractivity contribution is 0.0179. The Morgan fingerprint density at radius 2 is 1.12 bits per heavy atom. The first-order valence-corrected chi connectivity index (χ1v) is 7.01. The van der Waals surface area contributed by atoms with Gasteiger partial charge >= 0.3 is 6.16 Å². The first kappa shape index (κ1) is 18.4. The van der Waals surface area contributed by atoms with Crippen LogP contribution in [-0.4, -0.2) is 18.1 Å². The van der Waals surface area contributed by atoms with Gasteiger partial charge in [-0.3, -0.25) is 0 Å². The molecular weight excluding hydrogens is 350 g/mol. The maximum atomic E-state index is 12.8. The van der Waals surface area contributed by atoms with Gasteiger partial charge in [-0.25, -0.2) is 18.8 Å². The Balaban J connectivity index is 1.77. The van der Waals surface area contributed by atoms with E-state index in [1.54, 1.807) is 0 Å². The fourth-order valence-electron chi connectivity index (χ4n) is 1.56. The topological polar surface area (TPSA) is 136 Å². The molecule has 0 atom stereocenters. The van der Waals surface area contributed by atoms with Gasteiger partial charge in [0.15, 0.2) is 0 Å². The van der Waals surface area contributed by atoms with Crippen molar-refractivity contribution in [3.05, 3.63) is 60.2 Å². The van der Waals surface area contributed by atoms with E-state index in [-0.39, 0.29) is 11.9 Å². The molecule has 6 N–H and O–H groups in total. The van der Waals surface area contributed by atoms with Crippen molar-refractivity contribution >= 4 is 29.4 Å². The highest BCUT2D eigenvalue weighted by Crippen LogP contribution is 2.12. The van der Waals surface area contributed by atoms with Crippen molar-refractivity contribution in [1.82, 2.24) is 11.0 Å². The van der Waals surface area contributed by atoms with Crippen molar-refractivity contribution in [1.29, 1.82) is 0 Å². The minimum absolute atomic E-state index is 0.276. The molecule has 2 aromatic carbocycles. The average molecular weight is 364 g/mol. The van der Waals surface area contributed by atoms with Gasteiger partial charge < -0.3 is 21.1 Å². The molecule has 136 valence electrons. The SMILES string of the molecule is NC(=Nc1ccc(F)cc1)NOC(=O)ONC(N)=Nc1ccc(F)cc1. The lowest BCUT2D eigenvalue weighted by Crippen LogP contribution is -2.38. The van der Waals surface area contributed by atoms with Crippen LogP contribution in [0.3, 0.4) is 0 Å². The van der Waals surface area contributed by atoms with Gasteiger partial charge in [-0.05, 0) is 48.5 Å². The van der Waals surface area contributed by atoms with E-state index >= 15 is 0 Å². The summed E-state index contributed by atoms with van der Waals surface area (Å²) < 4.78 is 25.5. The number of hydrogen-bond acceptors (Lipinski definition) is 5. The Bertz CT molecular complexity index is 742. The Kier molecular flexibility index (Phi) is 6.26. The molecule has 26 heavy (non-hydrogen) atoms.